The number of benzene rings is 1. The van der Waals surface area contributed by atoms with E-state index in [9.17, 15) is 0 Å². The van der Waals surface area contributed by atoms with E-state index in [-0.39, 0.29) is 5.92 Å². The van der Waals surface area contributed by atoms with Crippen molar-refractivity contribution >= 4 is 28.9 Å². The molecule has 1 heterocycles. The summed E-state index contributed by atoms with van der Waals surface area (Å²) in [5, 5.41) is 0.765. The van der Waals surface area contributed by atoms with E-state index in [0.29, 0.717) is 27.4 Å². The molecule has 0 aliphatic carbocycles. The van der Waals surface area contributed by atoms with E-state index in [2.05, 4.69) is 9.97 Å². The lowest BCUT2D eigenvalue weighted by atomic mass is 10.1. The van der Waals surface area contributed by atoms with Crippen molar-refractivity contribution in [2.24, 2.45) is 0 Å². The maximum atomic E-state index is 5.93. The third kappa shape index (κ3) is 3.28. The van der Waals surface area contributed by atoms with E-state index in [1.54, 1.807) is 18.2 Å². The lowest BCUT2D eigenvalue weighted by Gasteiger charge is -2.10. The van der Waals surface area contributed by atoms with Crippen molar-refractivity contribution < 1.29 is 4.74 Å². The van der Waals surface area contributed by atoms with Gasteiger partial charge in [0.2, 0.25) is 5.88 Å². The molecule has 0 aliphatic rings. The summed E-state index contributed by atoms with van der Waals surface area (Å²) < 4.78 is 5.62. The van der Waals surface area contributed by atoms with Crippen molar-refractivity contribution in [2.45, 2.75) is 19.8 Å². The summed E-state index contributed by atoms with van der Waals surface area (Å²) in [4.78, 5) is 8.21. The highest BCUT2D eigenvalue weighted by atomic mass is 35.5. The smallest absolute Gasteiger partial charge is 0.222 e. The molecule has 100 valence electrons. The zero-order chi connectivity index (χ0) is 14.0. The van der Waals surface area contributed by atoms with Crippen LogP contribution in [-0.2, 0) is 0 Å². The van der Waals surface area contributed by atoms with Gasteiger partial charge in [-0.05, 0) is 12.0 Å². The van der Waals surface area contributed by atoms with Crippen molar-refractivity contribution in [1.29, 1.82) is 0 Å². The third-order valence-corrected chi connectivity index (χ3v) is 3.24. The largest absolute Gasteiger partial charge is 0.437 e. The molecule has 0 saturated heterocycles. The van der Waals surface area contributed by atoms with Crippen LogP contribution in [0.1, 0.15) is 25.5 Å². The Morgan fingerprint density at radius 1 is 1.11 bits per heavy atom. The fraction of sp³-hybridized carbons (Fsp3) is 0.231. The molecule has 0 aliphatic heterocycles. The average Bonchev–Trinajstić information content (AvgIpc) is 2.36. The molecule has 0 atom stereocenters. The minimum Gasteiger partial charge on any atom is -0.437 e. The van der Waals surface area contributed by atoms with E-state index >= 15 is 0 Å². The van der Waals surface area contributed by atoms with E-state index in [1.165, 1.54) is 6.33 Å². The number of nitrogens with zero attached hydrogens (tertiary/aromatic N) is 2. The Morgan fingerprint density at radius 2 is 1.79 bits per heavy atom. The number of nitrogens with two attached hydrogens (primary N) is 1. The van der Waals surface area contributed by atoms with Gasteiger partial charge >= 0.3 is 0 Å². The molecule has 6 heteroatoms. The lowest BCUT2D eigenvalue weighted by molar-refractivity contribution is 0.461. The molecule has 1 aromatic carbocycles. The van der Waals surface area contributed by atoms with Crippen molar-refractivity contribution in [2.75, 3.05) is 5.73 Å². The number of hydrogen-bond acceptors (Lipinski definition) is 4. The van der Waals surface area contributed by atoms with Crippen LogP contribution in [0.4, 0.5) is 5.69 Å². The van der Waals surface area contributed by atoms with Crippen LogP contribution in [0.25, 0.3) is 0 Å². The highest BCUT2D eigenvalue weighted by molar-refractivity contribution is 6.42. The quantitative estimate of drug-likeness (QED) is 0.859. The van der Waals surface area contributed by atoms with Crippen LogP contribution in [0.5, 0.6) is 11.6 Å². The maximum absolute atomic E-state index is 5.93. The summed E-state index contributed by atoms with van der Waals surface area (Å²) in [6.07, 6.45) is 1.46. The minimum atomic E-state index is 0.288. The SMILES string of the molecule is CC(C)c1cc(Oc2cc(Cl)c(Cl)cc2N)ncn1. The van der Waals surface area contributed by atoms with Crippen LogP contribution in [0.2, 0.25) is 10.0 Å². The summed E-state index contributed by atoms with van der Waals surface area (Å²) in [7, 11) is 0. The molecule has 4 nitrogen and oxygen atoms in total. The molecule has 0 unspecified atom stereocenters. The molecular formula is C13H13Cl2N3O. The maximum Gasteiger partial charge on any atom is 0.222 e. The third-order valence-electron chi connectivity index (χ3n) is 2.52. The van der Waals surface area contributed by atoms with Crippen LogP contribution in [0.15, 0.2) is 24.5 Å². The Hall–Kier alpha value is -1.52. The molecular weight excluding hydrogens is 285 g/mol. The van der Waals surface area contributed by atoms with E-state index < -0.39 is 0 Å². The first kappa shape index (κ1) is 13.9. The van der Waals surface area contributed by atoms with Crippen LogP contribution >= 0.6 is 23.2 Å². The van der Waals surface area contributed by atoms with E-state index in [4.69, 9.17) is 33.7 Å². The Morgan fingerprint density at radius 3 is 2.47 bits per heavy atom. The highest BCUT2D eigenvalue weighted by Gasteiger charge is 2.09. The molecule has 0 spiro atoms. The Kier molecular flexibility index (Phi) is 4.12. The zero-order valence-electron chi connectivity index (χ0n) is 10.5. The second kappa shape index (κ2) is 5.63. The number of nitrogen functional groups attached to an aromatic ring is 1. The van der Waals surface area contributed by atoms with Crippen molar-refractivity contribution in [1.82, 2.24) is 9.97 Å². The molecule has 0 fully saturated rings. The molecule has 2 rings (SSSR count). The van der Waals surface area contributed by atoms with Crippen molar-refractivity contribution in [3.63, 3.8) is 0 Å². The fourth-order valence-corrected chi connectivity index (χ4v) is 1.80. The molecule has 2 N–H and O–H groups in total. The van der Waals surface area contributed by atoms with Gasteiger partial charge in [0.25, 0.3) is 0 Å². The standard InChI is InChI=1S/C13H13Cl2N3O/c1-7(2)11-5-13(18-6-17-11)19-12-4-9(15)8(14)3-10(12)16/h3-7H,16H2,1-2H3. The van der Waals surface area contributed by atoms with E-state index in [0.717, 1.165) is 5.69 Å². The highest BCUT2D eigenvalue weighted by Crippen LogP contribution is 2.34. The fourth-order valence-electron chi connectivity index (χ4n) is 1.47. The molecule has 19 heavy (non-hydrogen) atoms. The molecule has 0 bridgehead atoms. The monoisotopic (exact) mass is 297 g/mol. The predicted molar refractivity (Wildman–Crippen MR) is 77.1 cm³/mol. The van der Waals surface area contributed by atoms with Crippen molar-refractivity contribution in [3.8, 4) is 11.6 Å². The number of halogens is 2. The van der Waals surface area contributed by atoms with E-state index in [1.807, 2.05) is 13.8 Å². The van der Waals surface area contributed by atoms with Gasteiger partial charge in [0, 0.05) is 12.1 Å². The zero-order valence-corrected chi connectivity index (χ0v) is 12.0. The van der Waals surface area contributed by atoms with Crippen LogP contribution in [0, 0.1) is 0 Å². The normalized spacial score (nSPS) is 10.8. The molecule has 0 saturated carbocycles. The molecule has 0 radical (unpaired) electrons. The van der Waals surface area contributed by atoms with Gasteiger partial charge < -0.3 is 10.5 Å². The summed E-state index contributed by atoms with van der Waals surface area (Å²) in [6, 6.07) is 4.88. The number of ether oxygens (including phenoxy) is 1. The van der Waals surface area contributed by atoms with Crippen LogP contribution < -0.4 is 10.5 Å². The van der Waals surface area contributed by atoms with Gasteiger partial charge in [0.15, 0.2) is 5.75 Å². The second-order valence-electron chi connectivity index (χ2n) is 4.34. The van der Waals surface area contributed by atoms with Gasteiger partial charge in [-0.15, -0.1) is 0 Å². The number of rotatable bonds is 3. The summed E-state index contributed by atoms with van der Waals surface area (Å²) in [5.41, 5.74) is 7.12. The van der Waals surface area contributed by atoms with Gasteiger partial charge in [0.05, 0.1) is 21.4 Å². The van der Waals surface area contributed by atoms with Gasteiger partial charge in [-0.3, -0.25) is 0 Å². The Labute approximate surface area is 121 Å². The van der Waals surface area contributed by atoms with Crippen LogP contribution in [0.3, 0.4) is 0 Å². The Balaban J connectivity index is 2.31. The van der Waals surface area contributed by atoms with Gasteiger partial charge in [-0.25, -0.2) is 9.97 Å². The molecule has 1 aromatic heterocycles. The van der Waals surface area contributed by atoms with Gasteiger partial charge in [-0.2, -0.15) is 0 Å². The number of aromatic nitrogens is 2. The number of anilines is 1. The van der Waals surface area contributed by atoms with Gasteiger partial charge in [-0.1, -0.05) is 37.0 Å². The first-order valence-corrected chi connectivity index (χ1v) is 6.47. The Bertz CT molecular complexity index is 602. The summed E-state index contributed by atoms with van der Waals surface area (Å²) >= 11 is 11.8. The first-order valence-electron chi connectivity index (χ1n) is 5.71. The van der Waals surface area contributed by atoms with Gasteiger partial charge in [0.1, 0.15) is 6.33 Å². The summed E-state index contributed by atoms with van der Waals surface area (Å²) in [5.74, 6) is 1.13. The average molecular weight is 298 g/mol. The predicted octanol–water partition coefficient (Wildman–Crippen LogP) is 4.28. The topological polar surface area (TPSA) is 61.0 Å². The van der Waals surface area contributed by atoms with Crippen LogP contribution in [-0.4, -0.2) is 9.97 Å². The second-order valence-corrected chi connectivity index (χ2v) is 5.16. The molecule has 2 aromatic rings. The first-order chi connectivity index (χ1) is 8.97. The lowest BCUT2D eigenvalue weighted by Crippen LogP contribution is -1.98. The van der Waals surface area contributed by atoms with Crippen molar-refractivity contribution in [3.05, 3.63) is 40.3 Å². The minimum absolute atomic E-state index is 0.288. The summed E-state index contributed by atoms with van der Waals surface area (Å²) in [6.45, 7) is 4.08. The molecule has 0 amide bonds. The number of hydrogen-bond donors (Lipinski definition) is 1.